The summed E-state index contributed by atoms with van der Waals surface area (Å²) in [5.41, 5.74) is 2.67. The molecule has 0 atom stereocenters. The van der Waals surface area contributed by atoms with Crippen molar-refractivity contribution in [2.75, 3.05) is 11.9 Å². The van der Waals surface area contributed by atoms with Gasteiger partial charge in [-0.25, -0.2) is 0 Å². The third-order valence-electron chi connectivity index (χ3n) is 4.75. The van der Waals surface area contributed by atoms with Gasteiger partial charge in [0.2, 0.25) is 0 Å². The van der Waals surface area contributed by atoms with Crippen LogP contribution in [0.4, 0.5) is 5.69 Å². The zero-order chi connectivity index (χ0) is 23.8. The van der Waals surface area contributed by atoms with Crippen LogP contribution < -0.4 is 14.8 Å². The Balaban J connectivity index is 1.86. The standard InChI is InChI=1S/C26H22Cl2N2O3/c1-3-32-24-14-19(13-22(28)25(24)33-16-18-8-5-4-6-9-18)12-20(15-29)26(31)30-23-11-7-10-21(27)17(23)2/h4-14H,3,16H2,1-2H3,(H,30,31)/b20-12+. The highest BCUT2D eigenvalue weighted by molar-refractivity contribution is 6.32. The molecular weight excluding hydrogens is 459 g/mol. The van der Waals surface area contributed by atoms with Crippen LogP contribution >= 0.6 is 23.2 Å². The first-order valence-corrected chi connectivity index (χ1v) is 11.0. The van der Waals surface area contributed by atoms with Crippen molar-refractivity contribution in [2.24, 2.45) is 0 Å². The lowest BCUT2D eigenvalue weighted by Gasteiger charge is -2.15. The number of anilines is 1. The maximum Gasteiger partial charge on any atom is 0.266 e. The molecule has 33 heavy (non-hydrogen) atoms. The Bertz CT molecular complexity index is 1220. The van der Waals surface area contributed by atoms with Crippen molar-refractivity contribution in [3.63, 3.8) is 0 Å². The van der Waals surface area contributed by atoms with E-state index in [4.69, 9.17) is 32.7 Å². The molecule has 5 nitrogen and oxygen atoms in total. The van der Waals surface area contributed by atoms with Crippen molar-refractivity contribution in [3.05, 3.63) is 93.0 Å². The van der Waals surface area contributed by atoms with Crippen LogP contribution in [-0.4, -0.2) is 12.5 Å². The molecule has 7 heteroatoms. The molecule has 168 valence electrons. The largest absolute Gasteiger partial charge is 0.490 e. The highest BCUT2D eigenvalue weighted by Gasteiger charge is 2.16. The zero-order valence-electron chi connectivity index (χ0n) is 18.2. The summed E-state index contributed by atoms with van der Waals surface area (Å²) in [6, 6.07) is 20.1. The van der Waals surface area contributed by atoms with Gasteiger partial charge in [-0.2, -0.15) is 5.26 Å². The molecule has 3 aromatic rings. The molecule has 0 aliphatic heterocycles. The van der Waals surface area contributed by atoms with Gasteiger partial charge in [-0.15, -0.1) is 0 Å². The number of amides is 1. The van der Waals surface area contributed by atoms with Crippen LogP contribution in [-0.2, 0) is 11.4 Å². The summed E-state index contributed by atoms with van der Waals surface area (Å²) in [6.07, 6.45) is 1.45. The van der Waals surface area contributed by atoms with Crippen molar-refractivity contribution in [1.82, 2.24) is 0 Å². The number of nitrogens with zero attached hydrogens (tertiary/aromatic N) is 1. The van der Waals surface area contributed by atoms with E-state index in [1.54, 1.807) is 37.3 Å². The maximum atomic E-state index is 12.7. The molecule has 1 N–H and O–H groups in total. The number of hydrogen-bond donors (Lipinski definition) is 1. The molecule has 3 rings (SSSR count). The number of carbonyl (C=O) groups is 1. The van der Waals surface area contributed by atoms with E-state index in [1.165, 1.54) is 6.08 Å². The van der Waals surface area contributed by atoms with Crippen LogP contribution in [0.5, 0.6) is 11.5 Å². The van der Waals surface area contributed by atoms with Gasteiger partial charge in [0.05, 0.1) is 11.6 Å². The Morgan fingerprint density at radius 1 is 1.06 bits per heavy atom. The van der Waals surface area contributed by atoms with Crippen LogP contribution in [0.3, 0.4) is 0 Å². The van der Waals surface area contributed by atoms with Crippen molar-refractivity contribution in [3.8, 4) is 17.6 Å². The fourth-order valence-corrected chi connectivity index (χ4v) is 3.50. The molecule has 0 saturated carbocycles. The number of nitrogens with one attached hydrogen (secondary N) is 1. The fourth-order valence-electron chi connectivity index (χ4n) is 3.05. The average Bonchev–Trinajstić information content (AvgIpc) is 2.80. The minimum absolute atomic E-state index is 0.0918. The van der Waals surface area contributed by atoms with E-state index in [1.807, 2.05) is 43.3 Å². The molecule has 0 saturated heterocycles. The van der Waals surface area contributed by atoms with Gasteiger partial charge >= 0.3 is 0 Å². The highest BCUT2D eigenvalue weighted by atomic mass is 35.5. The predicted octanol–water partition coefficient (Wildman–Crippen LogP) is 6.83. The van der Waals surface area contributed by atoms with Crippen molar-refractivity contribution in [1.29, 1.82) is 5.26 Å². The summed E-state index contributed by atoms with van der Waals surface area (Å²) in [5, 5.41) is 13.1. The van der Waals surface area contributed by atoms with E-state index >= 15 is 0 Å². The zero-order valence-corrected chi connectivity index (χ0v) is 19.7. The molecule has 0 heterocycles. The average molecular weight is 481 g/mol. The molecule has 0 aliphatic rings. The molecule has 0 fully saturated rings. The number of halogens is 2. The minimum atomic E-state index is -0.554. The van der Waals surface area contributed by atoms with Gasteiger partial charge < -0.3 is 14.8 Å². The maximum absolute atomic E-state index is 12.7. The summed E-state index contributed by atoms with van der Waals surface area (Å²) >= 11 is 12.6. The van der Waals surface area contributed by atoms with E-state index < -0.39 is 5.91 Å². The third-order valence-corrected chi connectivity index (χ3v) is 5.44. The highest BCUT2D eigenvalue weighted by Crippen LogP contribution is 2.38. The van der Waals surface area contributed by atoms with Crippen molar-refractivity contribution >= 4 is 40.9 Å². The smallest absolute Gasteiger partial charge is 0.266 e. The molecular formula is C26H22Cl2N2O3. The number of hydrogen-bond acceptors (Lipinski definition) is 4. The van der Waals surface area contributed by atoms with E-state index in [-0.39, 0.29) is 5.57 Å². The number of nitriles is 1. The van der Waals surface area contributed by atoms with Gasteiger partial charge in [0.1, 0.15) is 18.2 Å². The van der Waals surface area contributed by atoms with Crippen LogP contribution in [0.2, 0.25) is 10.0 Å². The first kappa shape index (κ1) is 24.2. The Hall–Kier alpha value is -3.46. The van der Waals surface area contributed by atoms with Gasteiger partial charge in [0, 0.05) is 10.7 Å². The van der Waals surface area contributed by atoms with Gasteiger partial charge in [0.15, 0.2) is 11.5 Å². The number of carbonyl (C=O) groups excluding carboxylic acids is 1. The molecule has 0 spiro atoms. The van der Waals surface area contributed by atoms with E-state index in [0.717, 1.165) is 5.56 Å². The first-order chi connectivity index (χ1) is 15.9. The Morgan fingerprint density at radius 3 is 2.52 bits per heavy atom. The summed E-state index contributed by atoms with van der Waals surface area (Å²) in [4.78, 5) is 12.7. The molecule has 0 radical (unpaired) electrons. The normalized spacial score (nSPS) is 10.9. The molecule has 0 unspecified atom stereocenters. The molecule has 0 bridgehead atoms. The number of benzene rings is 3. The molecule has 1 amide bonds. The van der Waals surface area contributed by atoms with Gasteiger partial charge in [-0.1, -0.05) is 59.6 Å². The second-order valence-corrected chi connectivity index (χ2v) is 7.89. The fraction of sp³-hybridized carbons (Fsp3) is 0.154. The summed E-state index contributed by atoms with van der Waals surface area (Å²) in [5.74, 6) is 0.272. The molecule has 0 aliphatic carbocycles. The van der Waals surface area contributed by atoms with Crippen LogP contribution in [0, 0.1) is 18.3 Å². The van der Waals surface area contributed by atoms with Crippen LogP contribution in [0.15, 0.2) is 66.2 Å². The van der Waals surface area contributed by atoms with Crippen LogP contribution in [0.1, 0.15) is 23.6 Å². The van der Waals surface area contributed by atoms with Gasteiger partial charge in [-0.3, -0.25) is 4.79 Å². The van der Waals surface area contributed by atoms with E-state index in [2.05, 4.69) is 5.32 Å². The van der Waals surface area contributed by atoms with Crippen LogP contribution in [0.25, 0.3) is 6.08 Å². The topological polar surface area (TPSA) is 71.3 Å². The second-order valence-electron chi connectivity index (χ2n) is 7.07. The quantitative estimate of drug-likeness (QED) is 0.283. The number of ether oxygens (including phenoxy) is 2. The Morgan fingerprint density at radius 2 is 1.82 bits per heavy atom. The minimum Gasteiger partial charge on any atom is -0.490 e. The van der Waals surface area contributed by atoms with Crippen molar-refractivity contribution in [2.45, 2.75) is 20.5 Å². The Kier molecular flexibility index (Phi) is 8.37. The lowest BCUT2D eigenvalue weighted by molar-refractivity contribution is -0.112. The summed E-state index contributed by atoms with van der Waals surface area (Å²) in [7, 11) is 0. The second kappa shape index (κ2) is 11.4. The Labute approximate surface area is 203 Å². The summed E-state index contributed by atoms with van der Waals surface area (Å²) < 4.78 is 11.6. The first-order valence-electron chi connectivity index (χ1n) is 10.2. The molecule has 3 aromatic carbocycles. The lowest BCUT2D eigenvalue weighted by Crippen LogP contribution is -2.14. The predicted molar refractivity (Wildman–Crippen MR) is 132 cm³/mol. The van der Waals surface area contributed by atoms with E-state index in [9.17, 15) is 10.1 Å². The SMILES string of the molecule is CCOc1cc(/C=C(\C#N)C(=O)Nc2cccc(Cl)c2C)cc(Cl)c1OCc1ccccc1. The van der Waals surface area contributed by atoms with Gasteiger partial charge in [-0.05, 0) is 60.9 Å². The summed E-state index contributed by atoms with van der Waals surface area (Å²) in [6.45, 7) is 4.35. The third kappa shape index (κ3) is 6.29. The van der Waals surface area contributed by atoms with E-state index in [0.29, 0.717) is 51.6 Å². The lowest BCUT2D eigenvalue weighted by atomic mass is 10.1. The molecule has 0 aromatic heterocycles. The monoisotopic (exact) mass is 480 g/mol. The number of rotatable bonds is 8. The van der Waals surface area contributed by atoms with Gasteiger partial charge in [0.25, 0.3) is 5.91 Å². The van der Waals surface area contributed by atoms with Crippen molar-refractivity contribution < 1.29 is 14.3 Å².